The number of sulfonamides is 1. The molecule has 0 aliphatic heterocycles. The largest absolute Gasteiger partial charge is 0.355 e. The average Bonchev–Trinajstić information content (AvgIpc) is 2.93. The zero-order chi connectivity index (χ0) is 28.6. The smallest absolute Gasteiger partial charge is 0.264 e. The summed E-state index contributed by atoms with van der Waals surface area (Å²) in [4.78, 5) is 28.7. The summed E-state index contributed by atoms with van der Waals surface area (Å²) in [6.45, 7) is 9.67. The Balaban J connectivity index is 2.09. The van der Waals surface area contributed by atoms with Gasteiger partial charge in [0.15, 0.2) is 0 Å². The van der Waals surface area contributed by atoms with E-state index in [1.165, 1.54) is 9.21 Å². The standard InChI is InChI=1S/C31H39N3O4S/c1-6-26-11-9-10-12-29(26)34(39(37,38)27-19-15-24(5)16-20-27)22-30(35)33(28(7-2)31(36)32-8-3)21-25-17-13-23(4)14-18-25/h9-20,28H,6-8,21-22H2,1-5H3,(H,32,36)/t28-/m1/s1. The maximum Gasteiger partial charge on any atom is 0.264 e. The molecule has 1 atom stereocenters. The van der Waals surface area contributed by atoms with Gasteiger partial charge in [-0.2, -0.15) is 0 Å². The number of nitrogens with zero attached hydrogens (tertiary/aromatic N) is 2. The van der Waals surface area contributed by atoms with Crippen molar-refractivity contribution in [3.05, 3.63) is 95.1 Å². The number of amides is 2. The summed E-state index contributed by atoms with van der Waals surface area (Å²) < 4.78 is 29.2. The molecule has 3 aromatic rings. The molecule has 0 bridgehead atoms. The summed E-state index contributed by atoms with van der Waals surface area (Å²) in [6, 6.07) is 20.8. The molecule has 2 amide bonds. The van der Waals surface area contributed by atoms with Gasteiger partial charge in [0.05, 0.1) is 10.6 Å². The number of hydrogen-bond donors (Lipinski definition) is 1. The zero-order valence-electron chi connectivity index (χ0n) is 23.5. The van der Waals surface area contributed by atoms with Crippen molar-refractivity contribution in [3.63, 3.8) is 0 Å². The number of carbonyl (C=O) groups excluding carboxylic acids is 2. The van der Waals surface area contributed by atoms with Gasteiger partial charge >= 0.3 is 0 Å². The molecular weight excluding hydrogens is 510 g/mol. The normalized spacial score (nSPS) is 12.0. The van der Waals surface area contributed by atoms with Crippen LogP contribution in [0.15, 0.2) is 77.7 Å². The fourth-order valence-electron chi connectivity index (χ4n) is 4.51. The SMILES string of the molecule is CCNC(=O)[C@@H](CC)N(Cc1ccc(C)cc1)C(=O)CN(c1ccccc1CC)S(=O)(=O)c1ccc(C)cc1. The molecule has 0 aliphatic carbocycles. The van der Waals surface area contributed by atoms with E-state index in [2.05, 4.69) is 5.32 Å². The van der Waals surface area contributed by atoms with E-state index < -0.39 is 28.5 Å². The van der Waals surface area contributed by atoms with Crippen molar-refractivity contribution in [2.45, 2.75) is 64.9 Å². The van der Waals surface area contributed by atoms with E-state index in [1.54, 1.807) is 36.4 Å². The molecule has 0 radical (unpaired) electrons. The summed E-state index contributed by atoms with van der Waals surface area (Å²) in [6.07, 6.45) is 0.980. The lowest BCUT2D eigenvalue weighted by Gasteiger charge is -2.33. The molecule has 0 unspecified atom stereocenters. The van der Waals surface area contributed by atoms with Crippen molar-refractivity contribution >= 4 is 27.5 Å². The van der Waals surface area contributed by atoms with Crippen LogP contribution in [0.1, 0.15) is 49.4 Å². The highest BCUT2D eigenvalue weighted by Crippen LogP contribution is 2.28. The first kappa shape index (κ1) is 29.9. The number of aryl methyl sites for hydroxylation is 3. The van der Waals surface area contributed by atoms with Gasteiger partial charge in [0.1, 0.15) is 12.6 Å². The van der Waals surface area contributed by atoms with E-state index in [0.29, 0.717) is 25.1 Å². The molecule has 39 heavy (non-hydrogen) atoms. The highest BCUT2D eigenvalue weighted by Gasteiger charge is 2.34. The minimum absolute atomic E-state index is 0.104. The lowest BCUT2D eigenvalue weighted by atomic mass is 10.1. The van der Waals surface area contributed by atoms with Gasteiger partial charge in [-0.05, 0) is 62.9 Å². The highest BCUT2D eigenvalue weighted by molar-refractivity contribution is 7.92. The van der Waals surface area contributed by atoms with Crippen LogP contribution in [0.2, 0.25) is 0 Å². The van der Waals surface area contributed by atoms with Crippen LogP contribution in [0, 0.1) is 13.8 Å². The first-order chi connectivity index (χ1) is 18.6. The van der Waals surface area contributed by atoms with Gasteiger partial charge in [0, 0.05) is 13.1 Å². The third kappa shape index (κ3) is 7.26. The number of anilines is 1. The van der Waals surface area contributed by atoms with Crippen molar-refractivity contribution in [1.82, 2.24) is 10.2 Å². The van der Waals surface area contributed by atoms with Gasteiger partial charge in [0.2, 0.25) is 11.8 Å². The predicted molar refractivity (Wildman–Crippen MR) is 156 cm³/mol. The van der Waals surface area contributed by atoms with Crippen LogP contribution in [0.25, 0.3) is 0 Å². The van der Waals surface area contributed by atoms with Crippen LogP contribution in [0.3, 0.4) is 0 Å². The van der Waals surface area contributed by atoms with Gasteiger partial charge in [0.25, 0.3) is 10.0 Å². The Kier molecular flexibility index (Phi) is 10.3. The Morgan fingerprint density at radius 1 is 0.846 bits per heavy atom. The minimum Gasteiger partial charge on any atom is -0.355 e. The third-order valence-electron chi connectivity index (χ3n) is 6.74. The highest BCUT2D eigenvalue weighted by atomic mass is 32.2. The van der Waals surface area contributed by atoms with Crippen LogP contribution >= 0.6 is 0 Å². The third-order valence-corrected chi connectivity index (χ3v) is 8.51. The summed E-state index contributed by atoms with van der Waals surface area (Å²) in [5.74, 6) is -0.711. The van der Waals surface area contributed by atoms with Gasteiger partial charge in [-0.25, -0.2) is 8.42 Å². The molecule has 7 nitrogen and oxygen atoms in total. The van der Waals surface area contributed by atoms with Gasteiger partial charge < -0.3 is 10.2 Å². The van der Waals surface area contributed by atoms with Crippen LogP contribution in [0.4, 0.5) is 5.69 Å². The van der Waals surface area contributed by atoms with Crippen molar-refractivity contribution in [1.29, 1.82) is 0 Å². The molecule has 0 fully saturated rings. The van der Waals surface area contributed by atoms with E-state index in [4.69, 9.17) is 0 Å². The molecular formula is C31H39N3O4S. The van der Waals surface area contributed by atoms with E-state index in [9.17, 15) is 18.0 Å². The van der Waals surface area contributed by atoms with Crippen LogP contribution in [-0.2, 0) is 32.6 Å². The number of nitrogens with one attached hydrogen (secondary N) is 1. The van der Waals surface area contributed by atoms with E-state index in [-0.39, 0.29) is 17.3 Å². The second kappa shape index (κ2) is 13.4. The molecule has 0 spiro atoms. The molecule has 0 saturated heterocycles. The fraction of sp³-hybridized carbons (Fsp3) is 0.355. The van der Waals surface area contributed by atoms with Gasteiger partial charge in [-0.1, -0.05) is 79.6 Å². The number of rotatable bonds is 12. The molecule has 208 valence electrons. The first-order valence-electron chi connectivity index (χ1n) is 13.4. The number of carbonyl (C=O) groups is 2. The lowest BCUT2D eigenvalue weighted by Crippen LogP contribution is -2.52. The van der Waals surface area contributed by atoms with E-state index >= 15 is 0 Å². The second-order valence-corrected chi connectivity index (χ2v) is 11.5. The quantitative estimate of drug-likeness (QED) is 0.344. The molecule has 0 aromatic heterocycles. The first-order valence-corrected chi connectivity index (χ1v) is 14.9. The summed E-state index contributed by atoms with van der Waals surface area (Å²) in [7, 11) is -4.09. The average molecular weight is 550 g/mol. The zero-order valence-corrected chi connectivity index (χ0v) is 24.3. The Morgan fingerprint density at radius 3 is 2.00 bits per heavy atom. The molecule has 3 aromatic carbocycles. The minimum atomic E-state index is -4.09. The van der Waals surface area contributed by atoms with Gasteiger partial charge in [-0.3, -0.25) is 13.9 Å². The predicted octanol–water partition coefficient (Wildman–Crippen LogP) is 5.00. The summed E-state index contributed by atoms with van der Waals surface area (Å²) >= 11 is 0. The molecule has 0 saturated carbocycles. The maximum absolute atomic E-state index is 14.1. The van der Waals surface area contributed by atoms with Crippen LogP contribution in [-0.4, -0.2) is 44.3 Å². The van der Waals surface area contributed by atoms with Crippen molar-refractivity contribution < 1.29 is 18.0 Å². The van der Waals surface area contributed by atoms with Crippen molar-refractivity contribution in [3.8, 4) is 0 Å². The van der Waals surface area contributed by atoms with Crippen LogP contribution < -0.4 is 9.62 Å². The Morgan fingerprint density at radius 2 is 1.44 bits per heavy atom. The number of hydrogen-bond acceptors (Lipinski definition) is 4. The Labute approximate surface area is 232 Å². The van der Waals surface area contributed by atoms with Crippen molar-refractivity contribution in [2.75, 3.05) is 17.4 Å². The summed E-state index contributed by atoms with van der Waals surface area (Å²) in [5.41, 5.74) is 4.14. The molecule has 0 aliphatic rings. The molecule has 3 rings (SSSR count). The maximum atomic E-state index is 14.1. The monoisotopic (exact) mass is 549 g/mol. The topological polar surface area (TPSA) is 86.8 Å². The van der Waals surface area contributed by atoms with Crippen molar-refractivity contribution in [2.24, 2.45) is 0 Å². The number of para-hydroxylation sites is 1. The second-order valence-electron chi connectivity index (χ2n) is 9.63. The van der Waals surface area contributed by atoms with Crippen LogP contribution in [0.5, 0.6) is 0 Å². The summed E-state index contributed by atoms with van der Waals surface area (Å²) in [5, 5.41) is 2.83. The van der Waals surface area contributed by atoms with E-state index in [1.807, 2.05) is 71.0 Å². The Hall–Kier alpha value is -3.65. The van der Waals surface area contributed by atoms with Gasteiger partial charge in [-0.15, -0.1) is 0 Å². The number of likely N-dealkylation sites (N-methyl/N-ethyl adjacent to an activating group) is 1. The number of benzene rings is 3. The fourth-order valence-corrected chi connectivity index (χ4v) is 5.96. The molecule has 0 heterocycles. The Bertz CT molecular complexity index is 1370. The lowest BCUT2D eigenvalue weighted by molar-refractivity contribution is -0.140. The van der Waals surface area contributed by atoms with E-state index in [0.717, 1.165) is 22.3 Å². The molecule has 8 heteroatoms. The molecule has 1 N–H and O–H groups in total.